The van der Waals surface area contributed by atoms with Gasteiger partial charge in [-0.1, -0.05) is 19.1 Å². The summed E-state index contributed by atoms with van der Waals surface area (Å²) in [5, 5.41) is 0. The van der Waals surface area contributed by atoms with Crippen molar-refractivity contribution in [1.82, 2.24) is 15.2 Å². The highest BCUT2D eigenvalue weighted by atomic mass is 16.2. The molecule has 0 fully saturated rings. The van der Waals surface area contributed by atoms with E-state index >= 15 is 0 Å². The van der Waals surface area contributed by atoms with E-state index in [0.717, 1.165) is 38.2 Å². The molecule has 0 aliphatic heterocycles. The maximum atomic E-state index is 11.5. The number of hydrogen-bond donors (Lipinski definition) is 2. The lowest BCUT2D eigenvalue weighted by Crippen LogP contribution is -2.32. The minimum absolute atomic E-state index is 0.248. The zero-order valence-corrected chi connectivity index (χ0v) is 12.7. The number of likely N-dealkylation sites (N-methyl/N-ethyl adjacent to an activating group) is 1. The molecule has 1 aromatic carbocycles. The fourth-order valence-electron chi connectivity index (χ4n) is 2.08. The molecule has 0 aromatic heterocycles. The highest BCUT2D eigenvalue weighted by Crippen LogP contribution is 2.09. The third-order valence-electron chi connectivity index (χ3n) is 3.13. The highest BCUT2D eigenvalue weighted by Gasteiger charge is 2.08. The number of hydrogen-bond acceptors (Lipinski definition) is 4. The molecular weight excluding hydrogens is 252 g/mol. The molecule has 3 N–H and O–H groups in total. The number of benzene rings is 1. The Labute approximate surface area is 121 Å². The van der Waals surface area contributed by atoms with Crippen LogP contribution in [0.1, 0.15) is 29.3 Å². The van der Waals surface area contributed by atoms with Gasteiger partial charge in [0.05, 0.1) is 0 Å². The van der Waals surface area contributed by atoms with Crippen LogP contribution in [0.2, 0.25) is 0 Å². The Morgan fingerprint density at radius 2 is 2.00 bits per heavy atom. The van der Waals surface area contributed by atoms with E-state index in [0.29, 0.717) is 5.56 Å². The van der Waals surface area contributed by atoms with Crippen LogP contribution in [-0.2, 0) is 6.54 Å². The number of carbonyl (C=O) groups excluding carboxylic acids is 1. The zero-order chi connectivity index (χ0) is 15.0. The van der Waals surface area contributed by atoms with Gasteiger partial charge in [0.2, 0.25) is 0 Å². The molecule has 0 atom stereocenters. The van der Waals surface area contributed by atoms with Crippen LogP contribution >= 0.6 is 0 Å². The molecular formula is C15H26N4O. The maximum Gasteiger partial charge on any atom is 0.265 e. The minimum Gasteiger partial charge on any atom is -0.308 e. The Hall–Kier alpha value is -1.43. The molecule has 0 saturated heterocycles. The molecule has 1 amide bonds. The molecule has 1 rings (SSSR count). The van der Waals surface area contributed by atoms with Crippen LogP contribution in [0.25, 0.3) is 0 Å². The van der Waals surface area contributed by atoms with Gasteiger partial charge in [-0.2, -0.15) is 0 Å². The van der Waals surface area contributed by atoms with Gasteiger partial charge in [-0.25, -0.2) is 5.84 Å². The molecule has 0 radical (unpaired) electrons. The number of amides is 1. The molecule has 1 aromatic rings. The molecule has 5 nitrogen and oxygen atoms in total. The summed E-state index contributed by atoms with van der Waals surface area (Å²) in [5.74, 6) is 4.92. The van der Waals surface area contributed by atoms with Gasteiger partial charge in [-0.15, -0.1) is 0 Å². The average molecular weight is 278 g/mol. The molecule has 20 heavy (non-hydrogen) atoms. The second-order valence-electron chi connectivity index (χ2n) is 5.25. The second-order valence-corrected chi connectivity index (χ2v) is 5.25. The van der Waals surface area contributed by atoms with E-state index < -0.39 is 0 Å². The van der Waals surface area contributed by atoms with E-state index in [-0.39, 0.29) is 5.91 Å². The van der Waals surface area contributed by atoms with Crippen LogP contribution in [0, 0.1) is 0 Å². The van der Waals surface area contributed by atoms with Crippen LogP contribution in [-0.4, -0.2) is 49.4 Å². The van der Waals surface area contributed by atoms with Crippen molar-refractivity contribution in [3.63, 3.8) is 0 Å². The highest BCUT2D eigenvalue weighted by molar-refractivity contribution is 5.93. The number of hydrazine groups is 1. The van der Waals surface area contributed by atoms with Crippen LogP contribution in [0.4, 0.5) is 0 Å². The Bertz CT molecular complexity index is 420. The van der Waals surface area contributed by atoms with Gasteiger partial charge in [0, 0.05) is 25.2 Å². The number of nitrogen functional groups attached to an aromatic ring is 1. The lowest BCUT2D eigenvalue weighted by atomic mass is 10.1. The number of nitrogens with two attached hydrogens (primary N) is 1. The van der Waals surface area contributed by atoms with Crippen molar-refractivity contribution in [2.75, 3.05) is 33.7 Å². The molecule has 0 spiro atoms. The van der Waals surface area contributed by atoms with Crippen molar-refractivity contribution in [2.45, 2.75) is 19.9 Å². The molecule has 0 bridgehead atoms. The average Bonchev–Trinajstić information content (AvgIpc) is 2.44. The molecule has 5 heteroatoms. The van der Waals surface area contributed by atoms with E-state index in [1.165, 1.54) is 0 Å². The standard InChI is InChI=1S/C15H26N4O/c1-4-8-19(10-9-18(2)3)12-13-6-5-7-14(11-13)15(20)17-16/h5-7,11H,4,8-10,12,16H2,1-3H3,(H,17,20). The predicted octanol–water partition coefficient (Wildman–Crippen LogP) is 1.06. The number of nitrogens with zero attached hydrogens (tertiary/aromatic N) is 2. The summed E-state index contributed by atoms with van der Waals surface area (Å²) < 4.78 is 0. The molecule has 0 unspecified atom stereocenters. The third kappa shape index (κ3) is 5.69. The van der Waals surface area contributed by atoms with E-state index in [2.05, 4.69) is 36.2 Å². The van der Waals surface area contributed by atoms with Gasteiger partial charge in [-0.3, -0.25) is 15.1 Å². The van der Waals surface area contributed by atoms with Crippen LogP contribution in [0.3, 0.4) is 0 Å². The Morgan fingerprint density at radius 1 is 1.25 bits per heavy atom. The SMILES string of the molecule is CCCN(CCN(C)C)Cc1cccc(C(=O)NN)c1. The predicted molar refractivity (Wildman–Crippen MR) is 82.2 cm³/mol. The van der Waals surface area contributed by atoms with Crippen molar-refractivity contribution in [3.05, 3.63) is 35.4 Å². The summed E-state index contributed by atoms with van der Waals surface area (Å²) in [6.45, 7) is 6.15. The molecule has 112 valence electrons. The van der Waals surface area contributed by atoms with Crippen molar-refractivity contribution in [3.8, 4) is 0 Å². The first-order valence-corrected chi connectivity index (χ1v) is 7.03. The van der Waals surface area contributed by atoms with Gasteiger partial charge < -0.3 is 4.90 Å². The molecule has 0 aliphatic rings. The summed E-state index contributed by atoms with van der Waals surface area (Å²) in [7, 11) is 4.16. The Balaban J connectivity index is 2.69. The lowest BCUT2D eigenvalue weighted by Gasteiger charge is -2.23. The number of rotatable bonds is 8. The van der Waals surface area contributed by atoms with Crippen molar-refractivity contribution in [1.29, 1.82) is 0 Å². The smallest absolute Gasteiger partial charge is 0.265 e. The summed E-state index contributed by atoms with van der Waals surface area (Å²) in [5.41, 5.74) is 3.91. The monoisotopic (exact) mass is 278 g/mol. The summed E-state index contributed by atoms with van der Waals surface area (Å²) in [4.78, 5) is 16.1. The van der Waals surface area contributed by atoms with Crippen molar-refractivity contribution >= 4 is 5.91 Å². The van der Waals surface area contributed by atoms with E-state index in [9.17, 15) is 4.79 Å². The largest absolute Gasteiger partial charge is 0.308 e. The topological polar surface area (TPSA) is 61.6 Å². The Kier molecular flexibility index (Phi) is 7.22. The lowest BCUT2D eigenvalue weighted by molar-refractivity contribution is 0.0953. The minimum atomic E-state index is -0.248. The fourth-order valence-corrected chi connectivity index (χ4v) is 2.08. The van der Waals surface area contributed by atoms with Gasteiger partial charge in [0.15, 0.2) is 0 Å². The third-order valence-corrected chi connectivity index (χ3v) is 3.13. The first kappa shape index (κ1) is 16.6. The normalized spacial score (nSPS) is 11.1. The number of nitrogens with one attached hydrogen (secondary N) is 1. The number of carbonyl (C=O) groups is 1. The van der Waals surface area contributed by atoms with Gasteiger partial charge in [-0.05, 0) is 44.8 Å². The van der Waals surface area contributed by atoms with E-state index in [4.69, 9.17) is 5.84 Å². The summed E-state index contributed by atoms with van der Waals surface area (Å²) in [6.07, 6.45) is 1.12. The first-order chi connectivity index (χ1) is 9.56. The Morgan fingerprint density at radius 3 is 2.60 bits per heavy atom. The van der Waals surface area contributed by atoms with E-state index in [1.54, 1.807) is 6.07 Å². The van der Waals surface area contributed by atoms with Crippen molar-refractivity contribution in [2.24, 2.45) is 5.84 Å². The fraction of sp³-hybridized carbons (Fsp3) is 0.533. The quantitative estimate of drug-likeness (QED) is 0.424. The van der Waals surface area contributed by atoms with Crippen LogP contribution < -0.4 is 11.3 Å². The van der Waals surface area contributed by atoms with Crippen LogP contribution in [0.5, 0.6) is 0 Å². The maximum absolute atomic E-state index is 11.5. The zero-order valence-electron chi connectivity index (χ0n) is 12.7. The second kappa shape index (κ2) is 8.68. The van der Waals surface area contributed by atoms with Crippen LogP contribution in [0.15, 0.2) is 24.3 Å². The summed E-state index contributed by atoms with van der Waals surface area (Å²) >= 11 is 0. The molecule has 0 aliphatic carbocycles. The molecule has 0 heterocycles. The summed E-state index contributed by atoms with van der Waals surface area (Å²) in [6, 6.07) is 7.62. The van der Waals surface area contributed by atoms with E-state index in [1.807, 2.05) is 18.2 Å². The van der Waals surface area contributed by atoms with Gasteiger partial charge >= 0.3 is 0 Å². The van der Waals surface area contributed by atoms with Crippen molar-refractivity contribution < 1.29 is 4.79 Å². The van der Waals surface area contributed by atoms with Gasteiger partial charge in [0.1, 0.15) is 0 Å². The van der Waals surface area contributed by atoms with Gasteiger partial charge in [0.25, 0.3) is 5.91 Å². The first-order valence-electron chi connectivity index (χ1n) is 7.03. The molecule has 0 saturated carbocycles.